The maximum absolute atomic E-state index is 5.69. The molecule has 3 heteroatoms. The molecule has 0 bridgehead atoms. The lowest BCUT2D eigenvalue weighted by Crippen LogP contribution is -2.43. The highest BCUT2D eigenvalue weighted by molar-refractivity contribution is 5.45. The molecule has 0 aliphatic carbocycles. The molecule has 0 aromatic carbocycles. The Morgan fingerprint density at radius 1 is 1.43 bits per heavy atom. The molecule has 0 radical (unpaired) electrons. The Hall–Kier alpha value is -1.09. The summed E-state index contributed by atoms with van der Waals surface area (Å²) in [5.41, 5.74) is 6.83. The van der Waals surface area contributed by atoms with Gasteiger partial charge in [-0.2, -0.15) is 0 Å². The van der Waals surface area contributed by atoms with Gasteiger partial charge in [0.2, 0.25) is 0 Å². The van der Waals surface area contributed by atoms with Crippen LogP contribution in [-0.2, 0) is 0 Å². The normalized spacial score (nSPS) is 12.9. The lowest BCUT2D eigenvalue weighted by atomic mass is 10.2. The van der Waals surface area contributed by atoms with Gasteiger partial charge in [0.05, 0.1) is 11.9 Å². The first-order chi connectivity index (χ1) is 6.66. The van der Waals surface area contributed by atoms with Gasteiger partial charge in [-0.05, 0) is 32.9 Å². The summed E-state index contributed by atoms with van der Waals surface area (Å²) < 4.78 is 0. The maximum atomic E-state index is 5.69. The third-order valence-electron chi connectivity index (χ3n) is 2.32. The number of nitrogens with zero attached hydrogens (tertiary/aromatic N) is 2. The molecule has 14 heavy (non-hydrogen) atoms. The second-order valence-corrected chi connectivity index (χ2v) is 3.80. The van der Waals surface area contributed by atoms with Gasteiger partial charge in [-0.1, -0.05) is 0 Å². The van der Waals surface area contributed by atoms with Gasteiger partial charge in [0, 0.05) is 24.8 Å². The van der Waals surface area contributed by atoms with Crippen molar-refractivity contribution in [1.82, 2.24) is 4.98 Å². The van der Waals surface area contributed by atoms with Crippen LogP contribution in [0.15, 0.2) is 24.5 Å². The second kappa shape index (κ2) is 4.96. The number of rotatable bonds is 4. The van der Waals surface area contributed by atoms with Gasteiger partial charge in [-0.25, -0.2) is 0 Å². The van der Waals surface area contributed by atoms with Crippen molar-refractivity contribution in [3.8, 4) is 0 Å². The molecule has 0 spiro atoms. The minimum Gasteiger partial charge on any atom is -0.364 e. The second-order valence-electron chi connectivity index (χ2n) is 3.80. The first kappa shape index (κ1) is 11.0. The Morgan fingerprint density at radius 2 is 2.14 bits per heavy atom. The number of pyridine rings is 1. The summed E-state index contributed by atoms with van der Waals surface area (Å²) >= 11 is 0. The van der Waals surface area contributed by atoms with E-state index < -0.39 is 0 Å². The van der Waals surface area contributed by atoms with E-state index in [1.807, 2.05) is 12.3 Å². The van der Waals surface area contributed by atoms with Gasteiger partial charge >= 0.3 is 0 Å². The van der Waals surface area contributed by atoms with Gasteiger partial charge in [0.1, 0.15) is 0 Å². The van der Waals surface area contributed by atoms with E-state index >= 15 is 0 Å². The summed E-state index contributed by atoms with van der Waals surface area (Å²) in [6.07, 6.45) is 3.67. The van der Waals surface area contributed by atoms with Gasteiger partial charge in [-0.3, -0.25) is 4.98 Å². The summed E-state index contributed by atoms with van der Waals surface area (Å²) in [6, 6.07) is 4.81. The van der Waals surface area contributed by atoms with Crippen LogP contribution in [0.3, 0.4) is 0 Å². The third-order valence-corrected chi connectivity index (χ3v) is 2.32. The number of nitrogens with two attached hydrogens (primary N) is 1. The summed E-state index contributed by atoms with van der Waals surface area (Å²) in [5, 5.41) is 0. The molecule has 0 fully saturated rings. The first-order valence-corrected chi connectivity index (χ1v) is 5.05. The molecule has 0 amide bonds. The van der Waals surface area contributed by atoms with Crippen LogP contribution in [0.5, 0.6) is 0 Å². The summed E-state index contributed by atoms with van der Waals surface area (Å²) in [4.78, 5) is 6.41. The standard InChI is InChI=1S/C11H19N3/c1-9(2)14(10(3)7-12)11-5-4-6-13-8-11/h4-6,8-10H,7,12H2,1-3H3. The van der Waals surface area contributed by atoms with Crippen LogP contribution in [0.4, 0.5) is 5.69 Å². The zero-order valence-corrected chi connectivity index (χ0v) is 9.14. The molecule has 1 rings (SSSR count). The van der Waals surface area contributed by atoms with Crippen LogP contribution in [-0.4, -0.2) is 23.6 Å². The predicted octanol–water partition coefficient (Wildman–Crippen LogP) is 1.64. The van der Waals surface area contributed by atoms with E-state index in [4.69, 9.17) is 5.73 Å². The van der Waals surface area contributed by atoms with Crippen LogP contribution < -0.4 is 10.6 Å². The minimum absolute atomic E-state index is 0.346. The van der Waals surface area contributed by atoms with Crippen LogP contribution in [0.1, 0.15) is 20.8 Å². The molecule has 0 saturated heterocycles. The first-order valence-electron chi connectivity index (χ1n) is 5.05. The summed E-state index contributed by atoms with van der Waals surface area (Å²) in [6.45, 7) is 7.12. The number of hydrogen-bond donors (Lipinski definition) is 1. The van der Waals surface area contributed by atoms with Crippen molar-refractivity contribution >= 4 is 5.69 Å². The van der Waals surface area contributed by atoms with Gasteiger partial charge in [0.25, 0.3) is 0 Å². The van der Waals surface area contributed by atoms with Crippen molar-refractivity contribution in [2.45, 2.75) is 32.9 Å². The molecule has 1 aromatic rings. The van der Waals surface area contributed by atoms with E-state index in [-0.39, 0.29) is 0 Å². The van der Waals surface area contributed by atoms with Crippen LogP contribution in [0, 0.1) is 0 Å². The average molecular weight is 193 g/mol. The third kappa shape index (κ3) is 2.45. The molecule has 2 N–H and O–H groups in total. The molecular weight excluding hydrogens is 174 g/mol. The molecule has 0 aliphatic heterocycles. The number of hydrogen-bond acceptors (Lipinski definition) is 3. The summed E-state index contributed by atoms with van der Waals surface area (Å²) in [7, 11) is 0. The molecule has 1 aromatic heterocycles. The Kier molecular flexibility index (Phi) is 3.89. The van der Waals surface area contributed by atoms with Gasteiger partial charge in [-0.15, -0.1) is 0 Å². The van der Waals surface area contributed by atoms with Gasteiger partial charge < -0.3 is 10.6 Å². The Balaban J connectivity index is 2.89. The molecule has 0 saturated carbocycles. The lowest BCUT2D eigenvalue weighted by molar-refractivity contribution is 0.580. The van der Waals surface area contributed by atoms with Crippen molar-refractivity contribution in [3.63, 3.8) is 0 Å². The molecule has 78 valence electrons. The fourth-order valence-electron chi connectivity index (χ4n) is 1.68. The van der Waals surface area contributed by atoms with E-state index in [2.05, 4.69) is 36.7 Å². The van der Waals surface area contributed by atoms with E-state index in [1.165, 1.54) is 0 Å². The fourth-order valence-corrected chi connectivity index (χ4v) is 1.68. The lowest BCUT2D eigenvalue weighted by Gasteiger charge is -2.34. The van der Waals surface area contributed by atoms with Crippen LogP contribution >= 0.6 is 0 Å². The van der Waals surface area contributed by atoms with Crippen molar-refractivity contribution in [1.29, 1.82) is 0 Å². The zero-order valence-electron chi connectivity index (χ0n) is 9.14. The van der Waals surface area contributed by atoms with Crippen molar-refractivity contribution in [2.24, 2.45) is 5.73 Å². The van der Waals surface area contributed by atoms with Crippen LogP contribution in [0.2, 0.25) is 0 Å². The van der Waals surface area contributed by atoms with E-state index in [0.717, 1.165) is 5.69 Å². The quantitative estimate of drug-likeness (QED) is 0.790. The Labute approximate surface area is 85.9 Å². The van der Waals surface area contributed by atoms with Crippen molar-refractivity contribution in [3.05, 3.63) is 24.5 Å². The highest BCUT2D eigenvalue weighted by atomic mass is 15.2. The molecule has 0 aliphatic rings. The zero-order chi connectivity index (χ0) is 10.6. The Bertz CT molecular complexity index is 258. The molecule has 3 nitrogen and oxygen atoms in total. The molecule has 1 atom stereocenters. The minimum atomic E-state index is 0.346. The molecular formula is C11H19N3. The van der Waals surface area contributed by atoms with Crippen LogP contribution in [0.25, 0.3) is 0 Å². The smallest absolute Gasteiger partial charge is 0.0557 e. The fraction of sp³-hybridized carbons (Fsp3) is 0.545. The average Bonchev–Trinajstić information content (AvgIpc) is 2.19. The molecule has 1 unspecified atom stereocenters. The van der Waals surface area contributed by atoms with E-state index in [0.29, 0.717) is 18.6 Å². The Morgan fingerprint density at radius 3 is 2.57 bits per heavy atom. The van der Waals surface area contributed by atoms with E-state index in [1.54, 1.807) is 6.20 Å². The highest BCUT2D eigenvalue weighted by Gasteiger charge is 2.15. The highest BCUT2D eigenvalue weighted by Crippen LogP contribution is 2.17. The van der Waals surface area contributed by atoms with Crippen molar-refractivity contribution in [2.75, 3.05) is 11.4 Å². The SMILES string of the molecule is CC(C)N(c1cccnc1)C(C)CN. The largest absolute Gasteiger partial charge is 0.364 e. The van der Waals surface area contributed by atoms with Gasteiger partial charge in [0.15, 0.2) is 0 Å². The predicted molar refractivity (Wildman–Crippen MR) is 60.4 cm³/mol. The topological polar surface area (TPSA) is 42.2 Å². The number of anilines is 1. The van der Waals surface area contributed by atoms with E-state index in [9.17, 15) is 0 Å². The summed E-state index contributed by atoms with van der Waals surface area (Å²) in [5.74, 6) is 0. The maximum Gasteiger partial charge on any atom is 0.0557 e. The molecule has 1 heterocycles. The number of aromatic nitrogens is 1. The monoisotopic (exact) mass is 193 g/mol. The van der Waals surface area contributed by atoms with Crippen molar-refractivity contribution < 1.29 is 0 Å².